The van der Waals surface area contributed by atoms with E-state index >= 15 is 8.78 Å². The number of hydrogen-bond acceptors (Lipinski definition) is 9. The van der Waals surface area contributed by atoms with Gasteiger partial charge in [-0.15, -0.1) is 0 Å². The summed E-state index contributed by atoms with van der Waals surface area (Å²) in [5.41, 5.74) is 3.40. The van der Waals surface area contributed by atoms with Crippen molar-refractivity contribution in [3.63, 3.8) is 0 Å². The third-order valence-corrected chi connectivity index (χ3v) is 8.97. The lowest BCUT2D eigenvalue weighted by Crippen LogP contribution is -2.50. The largest absolute Gasteiger partial charge is 0.495 e. The summed E-state index contributed by atoms with van der Waals surface area (Å²) in [5.74, 6) is -2.77. The second kappa shape index (κ2) is 11.7. The number of methoxy groups -OCH3 is 1. The zero-order valence-electron chi connectivity index (χ0n) is 23.6. The maximum Gasteiger partial charge on any atom is 0.259 e. The summed E-state index contributed by atoms with van der Waals surface area (Å²) >= 11 is 1.65. The summed E-state index contributed by atoms with van der Waals surface area (Å²) in [7, 11) is 3.76. The molecular formula is C31H33F2N5O3S. The van der Waals surface area contributed by atoms with E-state index in [2.05, 4.69) is 21.8 Å². The van der Waals surface area contributed by atoms with Crippen molar-refractivity contribution >= 4 is 28.5 Å². The second-order valence-electron chi connectivity index (χ2n) is 10.7. The summed E-state index contributed by atoms with van der Waals surface area (Å²) in [6, 6.07) is 13.4. The van der Waals surface area contributed by atoms with Gasteiger partial charge in [0, 0.05) is 61.9 Å². The van der Waals surface area contributed by atoms with Gasteiger partial charge in [-0.05, 0) is 49.0 Å². The van der Waals surface area contributed by atoms with E-state index in [-0.39, 0.29) is 5.56 Å². The average molecular weight is 594 g/mol. The van der Waals surface area contributed by atoms with E-state index in [4.69, 9.17) is 9.72 Å². The zero-order chi connectivity index (χ0) is 29.4. The lowest BCUT2D eigenvalue weighted by molar-refractivity contribution is -0.276. The topological polar surface area (TPSA) is 85.2 Å². The summed E-state index contributed by atoms with van der Waals surface area (Å²) < 4.78 is 36.6. The molecule has 0 aliphatic carbocycles. The van der Waals surface area contributed by atoms with Gasteiger partial charge in [-0.25, -0.2) is 18.7 Å². The fourth-order valence-corrected chi connectivity index (χ4v) is 6.53. The smallest absolute Gasteiger partial charge is 0.259 e. The molecule has 6 rings (SSSR count). The van der Waals surface area contributed by atoms with Crippen LogP contribution in [0.2, 0.25) is 0 Å². The van der Waals surface area contributed by atoms with Crippen molar-refractivity contribution in [2.45, 2.75) is 5.91 Å². The van der Waals surface area contributed by atoms with Crippen molar-refractivity contribution in [3.05, 3.63) is 71.9 Å². The predicted octanol–water partition coefficient (Wildman–Crippen LogP) is 4.15. The van der Waals surface area contributed by atoms with Crippen LogP contribution in [0.15, 0.2) is 54.7 Å². The Morgan fingerprint density at radius 1 is 0.905 bits per heavy atom. The molecule has 0 atom stereocenters. The van der Waals surface area contributed by atoms with Crippen LogP contribution >= 0.6 is 11.8 Å². The molecule has 0 radical (unpaired) electrons. The van der Waals surface area contributed by atoms with Crippen molar-refractivity contribution in [1.29, 1.82) is 0 Å². The number of ether oxygens (including phenoxy) is 1. The number of nitrogens with zero attached hydrogens (tertiary/aromatic N) is 5. The number of piperazine rings is 1. The minimum atomic E-state index is -2.75. The molecule has 3 aromatic carbocycles. The number of thioether (sulfide) groups is 1. The number of likely N-dealkylation sites (N-methyl/N-ethyl adjacent to an activating group) is 1. The molecule has 42 heavy (non-hydrogen) atoms. The normalized spacial score (nSPS) is 17.1. The van der Waals surface area contributed by atoms with Gasteiger partial charge < -0.3 is 24.7 Å². The molecule has 0 saturated carbocycles. The first-order chi connectivity index (χ1) is 20.3. The molecule has 2 saturated heterocycles. The fourth-order valence-electron chi connectivity index (χ4n) is 5.63. The maximum atomic E-state index is 15.5. The van der Waals surface area contributed by atoms with Gasteiger partial charge in [0.1, 0.15) is 17.4 Å². The molecule has 2 fully saturated rings. The van der Waals surface area contributed by atoms with Crippen LogP contribution in [-0.4, -0.2) is 94.9 Å². The van der Waals surface area contributed by atoms with Crippen molar-refractivity contribution in [2.24, 2.45) is 0 Å². The zero-order valence-corrected chi connectivity index (χ0v) is 24.4. The molecule has 2 aliphatic heterocycles. The van der Waals surface area contributed by atoms with Crippen molar-refractivity contribution in [1.82, 2.24) is 19.8 Å². The Labute approximate surface area is 247 Å². The molecular weight excluding hydrogens is 560 g/mol. The molecule has 0 amide bonds. The third-order valence-electron chi connectivity index (χ3n) is 8.03. The number of halogens is 2. The second-order valence-corrected chi connectivity index (χ2v) is 11.9. The Kier molecular flexibility index (Phi) is 8.03. The lowest BCUT2D eigenvalue weighted by Gasteiger charge is -2.37. The highest BCUT2D eigenvalue weighted by Gasteiger charge is 2.40. The van der Waals surface area contributed by atoms with Crippen molar-refractivity contribution in [3.8, 4) is 28.1 Å². The van der Waals surface area contributed by atoms with Gasteiger partial charge >= 0.3 is 0 Å². The summed E-state index contributed by atoms with van der Waals surface area (Å²) in [5, 5.41) is 21.6. The molecule has 3 heterocycles. The first-order valence-corrected chi connectivity index (χ1v) is 15.1. The Hall–Kier alpha value is -3.35. The van der Waals surface area contributed by atoms with E-state index in [1.807, 2.05) is 18.2 Å². The first-order valence-electron chi connectivity index (χ1n) is 13.9. The molecule has 2 N–H and O–H groups in total. The number of benzene rings is 3. The third kappa shape index (κ3) is 5.43. The molecule has 8 nitrogen and oxygen atoms in total. The monoisotopic (exact) mass is 593 g/mol. The highest BCUT2D eigenvalue weighted by Crippen LogP contribution is 2.37. The molecule has 4 aromatic rings. The van der Waals surface area contributed by atoms with Gasteiger partial charge in [0.2, 0.25) is 0 Å². The van der Waals surface area contributed by atoms with E-state index in [1.165, 1.54) is 4.90 Å². The SMILES string of the molecule is COc1ccc(-c2cnc3cccc(-c4cc(F)c(C(O)(O)N5CCSCC5)c(F)c4)c3n2)cc1N1CCN(C)CC1. The summed E-state index contributed by atoms with van der Waals surface area (Å²) in [4.78, 5) is 15.4. The minimum absolute atomic E-state index is 0.226. The molecule has 0 spiro atoms. The highest BCUT2D eigenvalue weighted by atomic mass is 32.2. The highest BCUT2D eigenvalue weighted by molar-refractivity contribution is 7.99. The van der Waals surface area contributed by atoms with Gasteiger partial charge in [0.05, 0.1) is 41.3 Å². The fraction of sp³-hybridized carbons (Fsp3) is 0.355. The number of rotatable bonds is 6. The Morgan fingerprint density at radius 3 is 2.31 bits per heavy atom. The number of fused-ring (bicyclic) bond motifs is 1. The van der Waals surface area contributed by atoms with Crippen molar-refractivity contribution < 1.29 is 23.7 Å². The molecule has 2 aliphatic rings. The number of hydrogen-bond donors (Lipinski definition) is 2. The van der Waals surface area contributed by atoms with Gasteiger partial charge in [-0.2, -0.15) is 11.8 Å². The van der Waals surface area contributed by atoms with E-state index in [0.29, 0.717) is 46.9 Å². The van der Waals surface area contributed by atoms with Crippen LogP contribution in [0.25, 0.3) is 33.4 Å². The summed E-state index contributed by atoms with van der Waals surface area (Å²) in [6.07, 6.45) is 1.69. The van der Waals surface area contributed by atoms with Gasteiger partial charge in [-0.3, -0.25) is 4.98 Å². The van der Waals surface area contributed by atoms with Gasteiger partial charge in [-0.1, -0.05) is 12.1 Å². The predicted molar refractivity (Wildman–Crippen MR) is 162 cm³/mol. The number of anilines is 1. The van der Waals surface area contributed by atoms with E-state index < -0.39 is 23.1 Å². The minimum Gasteiger partial charge on any atom is -0.495 e. The number of aromatic nitrogens is 2. The summed E-state index contributed by atoms with van der Waals surface area (Å²) in [6.45, 7) is 4.25. The lowest BCUT2D eigenvalue weighted by atomic mass is 9.99. The van der Waals surface area contributed by atoms with Gasteiger partial charge in [0.25, 0.3) is 5.91 Å². The van der Waals surface area contributed by atoms with Crippen LogP contribution in [0.3, 0.4) is 0 Å². The molecule has 0 unspecified atom stereocenters. The maximum absolute atomic E-state index is 15.5. The number of aliphatic hydroxyl groups is 2. The van der Waals surface area contributed by atoms with Crippen LogP contribution in [0.5, 0.6) is 5.75 Å². The van der Waals surface area contributed by atoms with E-state index in [1.54, 1.807) is 43.3 Å². The van der Waals surface area contributed by atoms with Gasteiger partial charge in [0.15, 0.2) is 0 Å². The molecule has 11 heteroatoms. The van der Waals surface area contributed by atoms with Crippen molar-refractivity contribution in [2.75, 3.05) is 69.8 Å². The standard InChI is InChI=1S/C31H33F2N5O3S/c1-36-8-10-37(11-9-36)27-18-20(6-7-28(27)41-2)26-19-34-25-5-3-4-22(30(25)35-26)21-16-23(32)29(24(33)17-21)31(39,40)38-12-14-42-15-13-38/h3-7,16-19,39-40H,8-15H2,1-2H3. The first kappa shape index (κ1) is 28.8. The molecule has 0 bridgehead atoms. The van der Waals surface area contributed by atoms with Crippen LogP contribution in [-0.2, 0) is 5.91 Å². The van der Waals surface area contributed by atoms with Crippen LogP contribution in [0.1, 0.15) is 5.56 Å². The molecule has 1 aromatic heterocycles. The van der Waals surface area contributed by atoms with E-state index in [9.17, 15) is 10.2 Å². The Bertz CT molecular complexity index is 1580. The average Bonchev–Trinajstić information content (AvgIpc) is 3.00. The number of para-hydroxylation sites is 1. The van der Waals surface area contributed by atoms with Crippen LogP contribution in [0, 0.1) is 11.6 Å². The Balaban J connectivity index is 1.39. The van der Waals surface area contributed by atoms with Crippen LogP contribution < -0.4 is 9.64 Å². The van der Waals surface area contributed by atoms with Crippen LogP contribution in [0.4, 0.5) is 14.5 Å². The molecule has 220 valence electrons. The quantitative estimate of drug-likeness (QED) is 0.321. The Morgan fingerprint density at radius 2 is 1.62 bits per heavy atom. The van der Waals surface area contributed by atoms with E-state index in [0.717, 1.165) is 55.3 Å².